The van der Waals surface area contributed by atoms with Gasteiger partial charge in [0.25, 0.3) is 0 Å². The van der Waals surface area contributed by atoms with Gasteiger partial charge in [-0.25, -0.2) is 0 Å². The number of rotatable bonds is 12. The van der Waals surface area contributed by atoms with E-state index in [-0.39, 0.29) is 55.6 Å². The molecule has 0 radical (unpaired) electrons. The molecule has 13 rings (SSSR count). The third kappa shape index (κ3) is 12.1. The Labute approximate surface area is 525 Å². The van der Waals surface area contributed by atoms with Gasteiger partial charge in [-0.15, -0.1) is 35.4 Å². The predicted molar refractivity (Wildman–Crippen MR) is 348 cm³/mol. The van der Waals surface area contributed by atoms with Crippen molar-refractivity contribution >= 4 is 31.8 Å². The fourth-order valence-corrected chi connectivity index (χ4v) is 19.2. The van der Waals surface area contributed by atoms with Crippen LogP contribution in [0.15, 0.2) is 334 Å². The molecule has 0 saturated carbocycles. The maximum atomic E-state index is 7.57. The Morgan fingerprint density at radius 2 is 0.651 bits per heavy atom. The molecule has 2 aliphatic carbocycles. The van der Waals surface area contributed by atoms with Crippen LogP contribution in [0.1, 0.15) is 55.6 Å². The SMILES string of the molecule is C=C/C=C\C=C\[PH+](C[PH+](c1ccccc1)c1ccccc1)c1ccccc1.[Au+].[Au+].[C-]#Cc1ccc2c(c1)-c1ccccc1C2(c1ccccc1)c1ccccc1.[C-]#Cc1ccc2c(c1)-c1ccccc1C2(c1ccccc1)c1ccccc1. The molecule has 4 heteroatoms. The first-order valence-electron chi connectivity index (χ1n) is 27.5. The molecule has 11 aromatic rings. The van der Waals surface area contributed by atoms with Gasteiger partial charge in [-0.05, 0) is 109 Å². The number of allylic oxidation sites excluding steroid dienone is 4. The molecule has 0 N–H and O–H groups in total. The van der Waals surface area contributed by atoms with E-state index in [0.717, 1.165) is 11.1 Å². The van der Waals surface area contributed by atoms with E-state index >= 15 is 0 Å². The van der Waals surface area contributed by atoms with Gasteiger partial charge in [0.15, 0.2) is 5.90 Å². The molecule has 0 spiro atoms. The van der Waals surface area contributed by atoms with Crippen molar-refractivity contribution in [2.45, 2.75) is 10.8 Å². The van der Waals surface area contributed by atoms with Crippen LogP contribution in [-0.4, -0.2) is 5.90 Å². The molecular weight excluding hydrogens is 1400 g/mol. The smallest absolute Gasteiger partial charge is 0.366 e. The summed E-state index contributed by atoms with van der Waals surface area (Å²) in [7, 11) is -1.65. The van der Waals surface area contributed by atoms with E-state index < -0.39 is 15.8 Å². The zero-order chi connectivity index (χ0) is 55.3. The summed E-state index contributed by atoms with van der Waals surface area (Å²) < 4.78 is 0. The van der Waals surface area contributed by atoms with Gasteiger partial charge in [0.2, 0.25) is 0 Å². The summed E-state index contributed by atoms with van der Waals surface area (Å²) in [5.74, 6) is 8.74. The van der Waals surface area contributed by atoms with Gasteiger partial charge in [-0.2, -0.15) is 0 Å². The normalized spacial score (nSPS) is 12.9. The summed E-state index contributed by atoms with van der Waals surface area (Å²) in [6, 6.07) is 106. The van der Waals surface area contributed by atoms with Crippen molar-refractivity contribution in [1.82, 2.24) is 0 Å². The first-order chi connectivity index (χ1) is 40.1. The molecule has 0 aromatic heterocycles. The van der Waals surface area contributed by atoms with Crippen LogP contribution in [0.4, 0.5) is 0 Å². The van der Waals surface area contributed by atoms with Crippen LogP contribution < -0.4 is 15.9 Å². The average molecular weight is 1470 g/mol. The summed E-state index contributed by atoms with van der Waals surface area (Å²) in [6.07, 6.45) is 23.2. The molecule has 0 nitrogen and oxygen atoms in total. The van der Waals surface area contributed by atoms with Crippen LogP contribution >= 0.6 is 15.8 Å². The number of benzene rings is 11. The Balaban J connectivity index is 0.000000148. The molecule has 0 fully saturated rings. The van der Waals surface area contributed by atoms with Crippen LogP contribution in [0.25, 0.3) is 22.3 Å². The molecule has 1 atom stereocenters. The van der Waals surface area contributed by atoms with E-state index in [1.165, 1.54) is 88.6 Å². The zero-order valence-corrected chi connectivity index (χ0v) is 52.0. The molecular formula is C79H60Au2P2+2. The second-order valence-corrected chi connectivity index (χ2v) is 25.6. The van der Waals surface area contributed by atoms with Gasteiger partial charge in [0, 0.05) is 0 Å². The fraction of sp³-hybridized carbons (Fsp3) is 0.0380. The summed E-state index contributed by atoms with van der Waals surface area (Å²) in [5, 5.41) is 4.45. The van der Waals surface area contributed by atoms with Gasteiger partial charge < -0.3 is 12.8 Å². The zero-order valence-electron chi connectivity index (χ0n) is 45.7. The second-order valence-electron chi connectivity index (χ2n) is 20.1. The Kier molecular flexibility index (Phi) is 20.4. The maximum Gasteiger partial charge on any atom is 1.00 e. The Bertz CT molecular complexity index is 3740. The summed E-state index contributed by atoms with van der Waals surface area (Å²) in [6.45, 7) is 3.76. The minimum atomic E-state index is -0.838. The molecule has 0 saturated heterocycles. The Morgan fingerprint density at radius 3 is 1.00 bits per heavy atom. The molecule has 0 bridgehead atoms. The van der Waals surface area contributed by atoms with Crippen LogP contribution in [0.2, 0.25) is 0 Å². The molecule has 0 heterocycles. The van der Waals surface area contributed by atoms with Crippen molar-refractivity contribution in [1.29, 1.82) is 0 Å². The summed E-state index contributed by atoms with van der Waals surface area (Å²) >= 11 is 0. The van der Waals surface area contributed by atoms with Crippen molar-refractivity contribution in [2.24, 2.45) is 0 Å². The minimum absolute atomic E-state index is 0. The Morgan fingerprint density at radius 1 is 0.337 bits per heavy atom. The van der Waals surface area contributed by atoms with E-state index in [1.807, 2.05) is 24.3 Å². The van der Waals surface area contributed by atoms with E-state index in [4.69, 9.17) is 12.8 Å². The van der Waals surface area contributed by atoms with Crippen LogP contribution in [0.3, 0.4) is 0 Å². The molecule has 406 valence electrons. The number of hydrogen-bond donors (Lipinski definition) is 0. The van der Waals surface area contributed by atoms with Crippen molar-refractivity contribution in [3.05, 3.63) is 402 Å². The van der Waals surface area contributed by atoms with Crippen LogP contribution in [-0.2, 0) is 55.6 Å². The maximum absolute atomic E-state index is 7.57. The summed E-state index contributed by atoms with van der Waals surface area (Å²) in [4.78, 5) is 0. The monoisotopic (exact) mass is 1460 g/mol. The fourth-order valence-electron chi connectivity index (χ4n) is 12.1. The molecule has 0 amide bonds. The first kappa shape index (κ1) is 59.7. The van der Waals surface area contributed by atoms with Crippen molar-refractivity contribution in [3.8, 4) is 34.1 Å². The van der Waals surface area contributed by atoms with Gasteiger partial charge in [0.1, 0.15) is 18.5 Å². The number of hydrogen-bond acceptors (Lipinski definition) is 0. The number of fused-ring (bicyclic) bond motifs is 6. The first-order valence-corrected chi connectivity index (χ1v) is 31.0. The van der Waals surface area contributed by atoms with E-state index in [2.05, 4.69) is 322 Å². The topological polar surface area (TPSA) is 0 Å². The minimum Gasteiger partial charge on any atom is -0.366 e. The van der Waals surface area contributed by atoms with E-state index in [1.54, 1.807) is 0 Å². The van der Waals surface area contributed by atoms with Crippen LogP contribution in [0.5, 0.6) is 0 Å². The van der Waals surface area contributed by atoms with Crippen molar-refractivity contribution < 1.29 is 44.8 Å². The quantitative estimate of drug-likeness (QED) is 0.0376. The summed E-state index contributed by atoms with van der Waals surface area (Å²) in [5.41, 5.74) is 15.9. The van der Waals surface area contributed by atoms with Gasteiger partial charge in [0.05, 0.1) is 29.9 Å². The van der Waals surface area contributed by atoms with E-state index in [9.17, 15) is 0 Å². The third-order valence-corrected chi connectivity index (χ3v) is 22.3. The standard InChI is InChI=1S/2C27H17.C25H24P2.2Au/c2*1-2-20-17-18-26-24(19-20)23-15-9-10-16-25(23)27(26,21-11-5-3-6-12-21)22-13-7-4-8-14-22;1-2-3-4-14-21-26(23-15-8-5-9-16-23)22-27(24-17-10-6-11-18-24)25-19-12-7-13-20-25;;/h2*3-19H;2-21H,1,22H2;;/q2*-1;;2*+1/p+2/b;;4-3-,21-14+;;. The van der Waals surface area contributed by atoms with Crippen molar-refractivity contribution in [2.75, 3.05) is 5.90 Å². The Hall–Kier alpha value is -7.90. The van der Waals surface area contributed by atoms with Crippen molar-refractivity contribution in [3.63, 3.8) is 0 Å². The van der Waals surface area contributed by atoms with Gasteiger partial charge in [-0.3, -0.25) is 11.8 Å². The molecule has 2 aliphatic rings. The van der Waals surface area contributed by atoms with Gasteiger partial charge >= 0.3 is 44.8 Å². The molecule has 11 aromatic carbocycles. The third-order valence-electron chi connectivity index (χ3n) is 15.6. The molecule has 0 aliphatic heterocycles. The molecule has 83 heavy (non-hydrogen) atoms. The molecule has 1 unspecified atom stereocenters. The predicted octanol–water partition coefficient (Wildman–Crippen LogP) is 17.6. The average Bonchev–Trinajstić information content (AvgIpc) is 1.98. The van der Waals surface area contributed by atoms with Crippen LogP contribution in [0, 0.1) is 24.7 Å². The second kappa shape index (κ2) is 28.4. The van der Waals surface area contributed by atoms with Gasteiger partial charge in [-0.1, -0.05) is 261 Å². The van der Waals surface area contributed by atoms with E-state index in [0.29, 0.717) is 0 Å². The largest absolute Gasteiger partial charge is 1.00 e.